The topological polar surface area (TPSA) is 66.9 Å². The standard InChI is InChI=1S/C16H21ClN2O4S2/c17-13-2-3-14(24-13)25(21,22)19-8-6-18(7-9-19)11-12-10-16(4-1-5-16)15(20)23-12/h2-3,12H,1,4-11H2/t12-/m0/s1. The van der Waals surface area contributed by atoms with Crippen LogP contribution in [0.5, 0.6) is 0 Å². The highest BCUT2D eigenvalue weighted by Gasteiger charge is 2.53. The van der Waals surface area contributed by atoms with Crippen LogP contribution in [0.25, 0.3) is 0 Å². The summed E-state index contributed by atoms with van der Waals surface area (Å²) in [6, 6.07) is 3.17. The molecule has 0 radical (unpaired) electrons. The molecule has 2 saturated heterocycles. The van der Waals surface area contributed by atoms with Crippen LogP contribution in [-0.4, -0.2) is 62.4 Å². The first kappa shape index (κ1) is 17.7. The van der Waals surface area contributed by atoms with Gasteiger partial charge in [-0.05, 0) is 25.0 Å². The molecule has 0 aromatic carbocycles. The minimum atomic E-state index is -3.46. The molecule has 3 fully saturated rings. The smallest absolute Gasteiger partial charge is 0.312 e. The molecule has 1 aromatic heterocycles. The fraction of sp³-hybridized carbons (Fsp3) is 0.688. The monoisotopic (exact) mass is 404 g/mol. The van der Waals surface area contributed by atoms with Crippen LogP contribution in [0.15, 0.2) is 16.3 Å². The number of cyclic esters (lactones) is 1. The van der Waals surface area contributed by atoms with E-state index in [0.29, 0.717) is 41.3 Å². The van der Waals surface area contributed by atoms with Gasteiger partial charge in [0.05, 0.1) is 9.75 Å². The van der Waals surface area contributed by atoms with Crippen LogP contribution in [0.2, 0.25) is 4.34 Å². The molecule has 4 rings (SSSR count). The lowest BCUT2D eigenvalue weighted by atomic mass is 9.67. The number of hydrogen-bond acceptors (Lipinski definition) is 6. The molecule has 25 heavy (non-hydrogen) atoms. The fourth-order valence-corrected chi connectivity index (χ4v) is 7.01. The van der Waals surface area contributed by atoms with E-state index in [1.165, 1.54) is 4.31 Å². The molecule has 1 spiro atoms. The summed E-state index contributed by atoms with van der Waals surface area (Å²) in [5.74, 6) is -0.0282. The predicted molar refractivity (Wildman–Crippen MR) is 95.3 cm³/mol. The Morgan fingerprint density at radius 2 is 1.96 bits per heavy atom. The summed E-state index contributed by atoms with van der Waals surface area (Å²) < 4.78 is 33.1. The molecule has 2 aliphatic heterocycles. The van der Waals surface area contributed by atoms with Gasteiger partial charge in [0.2, 0.25) is 0 Å². The van der Waals surface area contributed by atoms with Gasteiger partial charge in [-0.3, -0.25) is 9.69 Å². The fourth-order valence-electron chi connectivity index (χ4n) is 3.95. The second-order valence-corrected chi connectivity index (χ2v) is 11.0. The average molecular weight is 405 g/mol. The zero-order valence-electron chi connectivity index (χ0n) is 13.8. The third-order valence-electron chi connectivity index (χ3n) is 5.57. The summed E-state index contributed by atoms with van der Waals surface area (Å²) in [4.78, 5) is 14.2. The summed E-state index contributed by atoms with van der Waals surface area (Å²) >= 11 is 6.95. The van der Waals surface area contributed by atoms with E-state index < -0.39 is 10.0 Å². The number of sulfonamides is 1. The van der Waals surface area contributed by atoms with E-state index in [2.05, 4.69) is 4.90 Å². The van der Waals surface area contributed by atoms with Crippen molar-refractivity contribution in [1.82, 2.24) is 9.21 Å². The number of ether oxygens (including phenoxy) is 1. The summed E-state index contributed by atoms with van der Waals surface area (Å²) in [6.07, 6.45) is 3.80. The number of thiophene rings is 1. The zero-order valence-corrected chi connectivity index (χ0v) is 16.2. The summed E-state index contributed by atoms with van der Waals surface area (Å²) in [6.45, 7) is 2.90. The average Bonchev–Trinajstić information content (AvgIpc) is 3.11. The molecule has 3 aliphatic rings. The Morgan fingerprint density at radius 1 is 1.24 bits per heavy atom. The molecule has 6 nitrogen and oxygen atoms in total. The van der Waals surface area contributed by atoms with Crippen LogP contribution in [0.4, 0.5) is 0 Å². The van der Waals surface area contributed by atoms with Crippen LogP contribution in [0, 0.1) is 5.41 Å². The Balaban J connectivity index is 1.32. The van der Waals surface area contributed by atoms with E-state index >= 15 is 0 Å². The van der Waals surface area contributed by atoms with Crippen molar-refractivity contribution in [3.05, 3.63) is 16.5 Å². The van der Waals surface area contributed by atoms with Crippen molar-refractivity contribution in [3.8, 4) is 0 Å². The molecule has 3 heterocycles. The highest BCUT2D eigenvalue weighted by molar-refractivity contribution is 7.91. The van der Waals surface area contributed by atoms with Crippen molar-refractivity contribution in [2.24, 2.45) is 5.41 Å². The predicted octanol–water partition coefficient (Wildman–Crippen LogP) is 2.19. The number of carbonyl (C=O) groups excluding carboxylic acids is 1. The minimum absolute atomic E-state index is 0.0282. The van der Waals surface area contributed by atoms with E-state index in [4.69, 9.17) is 16.3 Å². The van der Waals surface area contributed by atoms with E-state index in [9.17, 15) is 13.2 Å². The Hall–Kier alpha value is -0.670. The summed E-state index contributed by atoms with van der Waals surface area (Å²) in [7, 11) is -3.46. The molecule has 9 heteroatoms. The van der Waals surface area contributed by atoms with E-state index in [1.54, 1.807) is 12.1 Å². The number of nitrogens with zero attached hydrogens (tertiary/aromatic N) is 2. The van der Waals surface area contributed by atoms with Gasteiger partial charge in [0, 0.05) is 39.1 Å². The molecule has 1 aliphatic carbocycles. The van der Waals surface area contributed by atoms with Gasteiger partial charge in [-0.15, -0.1) is 11.3 Å². The highest BCUT2D eigenvalue weighted by Crippen LogP contribution is 2.50. The summed E-state index contributed by atoms with van der Waals surface area (Å²) in [5.41, 5.74) is -0.200. The zero-order chi connectivity index (χ0) is 17.7. The second kappa shape index (κ2) is 6.49. The van der Waals surface area contributed by atoms with E-state index in [1.807, 2.05) is 0 Å². The van der Waals surface area contributed by atoms with Gasteiger partial charge in [-0.2, -0.15) is 4.31 Å². The lowest BCUT2D eigenvalue weighted by molar-refractivity contribution is -0.152. The molecule has 1 saturated carbocycles. The van der Waals surface area contributed by atoms with Gasteiger partial charge in [-0.1, -0.05) is 18.0 Å². The van der Waals surface area contributed by atoms with Crippen LogP contribution in [0.1, 0.15) is 25.7 Å². The molecular formula is C16H21ClN2O4S2. The number of piperazine rings is 1. The maximum absolute atomic E-state index is 12.6. The van der Waals surface area contributed by atoms with Crippen molar-refractivity contribution in [2.75, 3.05) is 32.7 Å². The number of hydrogen-bond donors (Lipinski definition) is 0. The number of halogens is 1. The van der Waals surface area contributed by atoms with Gasteiger partial charge in [-0.25, -0.2) is 8.42 Å². The van der Waals surface area contributed by atoms with Crippen molar-refractivity contribution < 1.29 is 17.9 Å². The molecule has 1 aromatic rings. The van der Waals surface area contributed by atoms with Crippen LogP contribution >= 0.6 is 22.9 Å². The van der Waals surface area contributed by atoms with Gasteiger partial charge < -0.3 is 4.74 Å². The normalized spacial score (nSPS) is 27.4. The minimum Gasteiger partial charge on any atom is -0.461 e. The first-order valence-electron chi connectivity index (χ1n) is 8.58. The Bertz CT molecular complexity index is 767. The largest absolute Gasteiger partial charge is 0.461 e. The summed E-state index contributed by atoms with van der Waals surface area (Å²) in [5, 5.41) is 0. The van der Waals surface area contributed by atoms with Gasteiger partial charge in [0.15, 0.2) is 0 Å². The maximum atomic E-state index is 12.6. The Kier molecular flexibility index (Phi) is 4.60. The molecular weight excluding hydrogens is 384 g/mol. The number of rotatable bonds is 4. The third kappa shape index (κ3) is 3.23. The van der Waals surface area contributed by atoms with Gasteiger partial charge >= 0.3 is 5.97 Å². The van der Waals surface area contributed by atoms with Gasteiger partial charge in [0.1, 0.15) is 10.3 Å². The molecule has 0 bridgehead atoms. The van der Waals surface area contributed by atoms with E-state index in [0.717, 1.165) is 37.0 Å². The molecule has 0 N–H and O–H groups in total. The van der Waals surface area contributed by atoms with Crippen molar-refractivity contribution in [3.63, 3.8) is 0 Å². The van der Waals surface area contributed by atoms with E-state index in [-0.39, 0.29) is 17.5 Å². The quantitative estimate of drug-likeness (QED) is 0.719. The first-order chi connectivity index (χ1) is 11.9. The SMILES string of the molecule is O=C1O[C@H](CN2CCN(S(=O)(=O)c3ccc(Cl)s3)CC2)CC12CCC2. The van der Waals surface area contributed by atoms with Crippen LogP contribution < -0.4 is 0 Å². The van der Waals surface area contributed by atoms with Crippen molar-refractivity contribution >= 4 is 38.9 Å². The lowest BCUT2D eigenvalue weighted by Gasteiger charge is -2.35. The van der Waals surface area contributed by atoms with Crippen molar-refractivity contribution in [2.45, 2.75) is 36.0 Å². The van der Waals surface area contributed by atoms with Gasteiger partial charge in [0.25, 0.3) is 10.0 Å². The second-order valence-electron chi connectivity index (χ2n) is 7.13. The van der Waals surface area contributed by atoms with Crippen LogP contribution in [0.3, 0.4) is 0 Å². The first-order valence-corrected chi connectivity index (χ1v) is 11.2. The molecule has 0 amide bonds. The van der Waals surface area contributed by atoms with Crippen molar-refractivity contribution in [1.29, 1.82) is 0 Å². The molecule has 0 unspecified atom stereocenters. The maximum Gasteiger partial charge on any atom is 0.312 e. The Labute approximate surface area is 156 Å². The number of esters is 1. The molecule has 138 valence electrons. The molecule has 1 atom stereocenters. The highest BCUT2D eigenvalue weighted by atomic mass is 35.5. The Morgan fingerprint density at radius 3 is 2.48 bits per heavy atom. The lowest BCUT2D eigenvalue weighted by Crippen LogP contribution is -2.50. The van der Waals surface area contributed by atoms with Crippen LogP contribution in [-0.2, 0) is 19.6 Å². The number of carbonyl (C=O) groups is 1. The third-order valence-corrected chi connectivity index (χ3v) is 9.17.